The maximum absolute atomic E-state index is 12.1. The van der Waals surface area contributed by atoms with Gasteiger partial charge in [0.1, 0.15) is 5.41 Å². The highest BCUT2D eigenvalue weighted by Gasteiger charge is 2.35. The minimum atomic E-state index is -0.818. The van der Waals surface area contributed by atoms with Crippen molar-refractivity contribution in [2.45, 2.75) is 59.3 Å². The Hall–Kier alpha value is -1.04. The SMILES string of the molecule is CCC(C#N)(CC)C(=O)NCC1CCC(C)CC1. The quantitative estimate of drug-likeness (QED) is 0.814. The fourth-order valence-corrected chi connectivity index (χ4v) is 2.72. The zero-order chi connectivity index (χ0) is 13.6. The number of hydrogen-bond acceptors (Lipinski definition) is 2. The summed E-state index contributed by atoms with van der Waals surface area (Å²) in [6.45, 7) is 6.86. The van der Waals surface area contributed by atoms with Gasteiger partial charge in [-0.25, -0.2) is 0 Å². The zero-order valence-corrected chi connectivity index (χ0v) is 12.0. The highest BCUT2D eigenvalue weighted by Crippen LogP contribution is 2.29. The van der Waals surface area contributed by atoms with Crippen LogP contribution < -0.4 is 5.32 Å². The molecule has 1 aliphatic carbocycles. The molecule has 1 amide bonds. The minimum Gasteiger partial charge on any atom is -0.354 e. The molecule has 0 unspecified atom stereocenters. The van der Waals surface area contributed by atoms with E-state index in [4.69, 9.17) is 0 Å². The normalized spacial score (nSPS) is 24.3. The Bertz CT molecular complexity index is 307. The van der Waals surface area contributed by atoms with Crippen LogP contribution in [0.3, 0.4) is 0 Å². The third-order valence-electron chi connectivity index (χ3n) is 4.54. The molecule has 1 rings (SSSR count). The number of rotatable bonds is 5. The summed E-state index contributed by atoms with van der Waals surface area (Å²) < 4.78 is 0. The van der Waals surface area contributed by atoms with Gasteiger partial charge < -0.3 is 5.32 Å². The van der Waals surface area contributed by atoms with Crippen LogP contribution in [-0.2, 0) is 4.79 Å². The summed E-state index contributed by atoms with van der Waals surface area (Å²) in [5, 5.41) is 12.2. The molecule has 3 heteroatoms. The van der Waals surface area contributed by atoms with Crippen LogP contribution in [0.4, 0.5) is 0 Å². The fraction of sp³-hybridized carbons (Fsp3) is 0.867. The third kappa shape index (κ3) is 3.48. The van der Waals surface area contributed by atoms with Crippen LogP contribution in [0.5, 0.6) is 0 Å². The molecule has 0 saturated heterocycles. The lowest BCUT2D eigenvalue weighted by Gasteiger charge is -2.28. The van der Waals surface area contributed by atoms with Crippen molar-refractivity contribution in [2.24, 2.45) is 17.3 Å². The van der Waals surface area contributed by atoms with E-state index in [0.717, 1.165) is 12.5 Å². The smallest absolute Gasteiger partial charge is 0.240 e. The lowest BCUT2D eigenvalue weighted by Crippen LogP contribution is -2.41. The van der Waals surface area contributed by atoms with E-state index in [9.17, 15) is 10.1 Å². The standard InChI is InChI=1S/C15H26N2O/c1-4-15(5-2,11-16)14(18)17-10-13-8-6-12(3)7-9-13/h12-13H,4-10H2,1-3H3,(H,17,18). The van der Waals surface area contributed by atoms with E-state index < -0.39 is 5.41 Å². The van der Waals surface area contributed by atoms with Crippen molar-refractivity contribution in [3.8, 4) is 6.07 Å². The summed E-state index contributed by atoms with van der Waals surface area (Å²) in [4.78, 5) is 12.1. The van der Waals surface area contributed by atoms with Crippen LogP contribution in [0, 0.1) is 28.6 Å². The van der Waals surface area contributed by atoms with E-state index in [1.165, 1.54) is 25.7 Å². The van der Waals surface area contributed by atoms with Gasteiger partial charge in [-0.2, -0.15) is 5.26 Å². The van der Waals surface area contributed by atoms with Crippen molar-refractivity contribution < 1.29 is 4.79 Å². The Balaban J connectivity index is 2.43. The first-order valence-electron chi connectivity index (χ1n) is 7.27. The van der Waals surface area contributed by atoms with Crippen LogP contribution >= 0.6 is 0 Å². The topological polar surface area (TPSA) is 52.9 Å². The van der Waals surface area contributed by atoms with Gasteiger partial charge in [-0.15, -0.1) is 0 Å². The van der Waals surface area contributed by atoms with E-state index in [-0.39, 0.29) is 5.91 Å². The minimum absolute atomic E-state index is 0.0754. The first-order valence-corrected chi connectivity index (χ1v) is 7.27. The van der Waals surface area contributed by atoms with Crippen molar-refractivity contribution in [1.82, 2.24) is 5.32 Å². The van der Waals surface area contributed by atoms with E-state index in [2.05, 4.69) is 18.3 Å². The second kappa shape index (κ2) is 6.78. The molecule has 18 heavy (non-hydrogen) atoms. The summed E-state index contributed by atoms with van der Waals surface area (Å²) in [5.41, 5.74) is -0.818. The maximum Gasteiger partial charge on any atom is 0.240 e. The van der Waals surface area contributed by atoms with Gasteiger partial charge in [0, 0.05) is 6.54 Å². The van der Waals surface area contributed by atoms with Gasteiger partial charge in [-0.05, 0) is 37.5 Å². The van der Waals surface area contributed by atoms with E-state index >= 15 is 0 Å². The summed E-state index contributed by atoms with van der Waals surface area (Å²) in [6.07, 6.45) is 6.14. The largest absolute Gasteiger partial charge is 0.354 e. The summed E-state index contributed by atoms with van der Waals surface area (Å²) in [7, 11) is 0. The van der Waals surface area contributed by atoms with E-state index in [0.29, 0.717) is 18.8 Å². The van der Waals surface area contributed by atoms with Crippen LogP contribution in [-0.4, -0.2) is 12.5 Å². The number of carbonyl (C=O) groups is 1. The number of nitriles is 1. The molecule has 0 radical (unpaired) electrons. The number of nitrogens with zero attached hydrogens (tertiary/aromatic N) is 1. The molecule has 0 atom stereocenters. The first kappa shape index (κ1) is 15.0. The molecule has 0 spiro atoms. The second-order valence-electron chi connectivity index (χ2n) is 5.74. The first-order chi connectivity index (χ1) is 8.57. The Kier molecular flexibility index (Phi) is 5.65. The van der Waals surface area contributed by atoms with Crippen molar-refractivity contribution >= 4 is 5.91 Å². The van der Waals surface area contributed by atoms with E-state index in [1.807, 2.05) is 13.8 Å². The molecule has 0 aromatic rings. The van der Waals surface area contributed by atoms with Gasteiger partial charge in [0.15, 0.2) is 0 Å². The monoisotopic (exact) mass is 250 g/mol. The lowest BCUT2D eigenvalue weighted by molar-refractivity contribution is -0.128. The summed E-state index contributed by atoms with van der Waals surface area (Å²) in [5.74, 6) is 1.37. The van der Waals surface area contributed by atoms with Gasteiger partial charge in [-0.1, -0.05) is 33.6 Å². The second-order valence-corrected chi connectivity index (χ2v) is 5.74. The predicted octanol–water partition coefficient (Wildman–Crippen LogP) is 3.26. The van der Waals surface area contributed by atoms with Crippen LogP contribution in [0.25, 0.3) is 0 Å². The summed E-state index contributed by atoms with van der Waals surface area (Å²) in [6, 6.07) is 2.20. The summed E-state index contributed by atoms with van der Waals surface area (Å²) >= 11 is 0. The number of carbonyl (C=O) groups excluding carboxylic acids is 1. The van der Waals surface area contributed by atoms with Crippen molar-refractivity contribution in [3.05, 3.63) is 0 Å². The predicted molar refractivity (Wildman–Crippen MR) is 72.8 cm³/mol. The zero-order valence-electron chi connectivity index (χ0n) is 12.0. The van der Waals surface area contributed by atoms with Crippen molar-refractivity contribution in [2.75, 3.05) is 6.54 Å². The number of amides is 1. The fourth-order valence-electron chi connectivity index (χ4n) is 2.72. The molecule has 1 saturated carbocycles. The van der Waals surface area contributed by atoms with Gasteiger partial charge in [0.25, 0.3) is 0 Å². The molecule has 1 fully saturated rings. The van der Waals surface area contributed by atoms with E-state index in [1.54, 1.807) is 0 Å². The van der Waals surface area contributed by atoms with Crippen LogP contribution in [0.1, 0.15) is 59.3 Å². The number of hydrogen-bond donors (Lipinski definition) is 1. The maximum atomic E-state index is 12.1. The van der Waals surface area contributed by atoms with Crippen LogP contribution in [0.2, 0.25) is 0 Å². The Morgan fingerprint density at radius 2 is 1.83 bits per heavy atom. The molecule has 102 valence electrons. The van der Waals surface area contributed by atoms with Gasteiger partial charge in [-0.3, -0.25) is 4.79 Å². The van der Waals surface area contributed by atoms with Gasteiger partial charge >= 0.3 is 0 Å². The van der Waals surface area contributed by atoms with Gasteiger partial charge in [0.2, 0.25) is 5.91 Å². The van der Waals surface area contributed by atoms with Crippen molar-refractivity contribution in [1.29, 1.82) is 5.26 Å². The Morgan fingerprint density at radius 3 is 2.28 bits per heavy atom. The highest BCUT2D eigenvalue weighted by molar-refractivity contribution is 5.85. The molecular formula is C15H26N2O. The molecule has 1 aliphatic rings. The molecule has 0 aromatic carbocycles. The molecule has 0 bridgehead atoms. The van der Waals surface area contributed by atoms with Crippen molar-refractivity contribution in [3.63, 3.8) is 0 Å². The Labute approximate surface area is 111 Å². The lowest BCUT2D eigenvalue weighted by atomic mass is 9.81. The third-order valence-corrected chi connectivity index (χ3v) is 4.54. The highest BCUT2D eigenvalue weighted by atomic mass is 16.2. The molecule has 0 aliphatic heterocycles. The molecule has 1 N–H and O–H groups in total. The average Bonchev–Trinajstić information content (AvgIpc) is 2.41. The molecule has 3 nitrogen and oxygen atoms in total. The number of nitrogens with one attached hydrogen (secondary N) is 1. The van der Waals surface area contributed by atoms with Gasteiger partial charge in [0.05, 0.1) is 6.07 Å². The molecule has 0 aromatic heterocycles. The average molecular weight is 250 g/mol. The molecular weight excluding hydrogens is 224 g/mol. The molecule has 0 heterocycles. The Morgan fingerprint density at radius 1 is 1.28 bits per heavy atom. The van der Waals surface area contributed by atoms with Crippen LogP contribution in [0.15, 0.2) is 0 Å².